The largest absolute Gasteiger partial charge is 0.452 e. The lowest BCUT2D eigenvalue weighted by molar-refractivity contribution is 0.667. The van der Waals surface area contributed by atoms with Crippen molar-refractivity contribution in [1.29, 1.82) is 0 Å². The molecular formula is C59H36N2O. The van der Waals surface area contributed by atoms with Crippen LogP contribution in [0.4, 0.5) is 0 Å². The van der Waals surface area contributed by atoms with Crippen molar-refractivity contribution in [3.8, 4) is 78.3 Å². The van der Waals surface area contributed by atoms with Crippen LogP contribution in [0.2, 0.25) is 0 Å². The van der Waals surface area contributed by atoms with E-state index in [1.54, 1.807) is 0 Å². The highest BCUT2D eigenvalue weighted by Gasteiger charge is 2.52. The second-order valence-corrected chi connectivity index (χ2v) is 16.4. The van der Waals surface area contributed by atoms with Crippen molar-refractivity contribution in [2.75, 3.05) is 0 Å². The maximum absolute atomic E-state index is 6.66. The molecule has 0 fully saturated rings. The molecule has 13 rings (SSSR count). The van der Waals surface area contributed by atoms with Crippen molar-refractivity contribution in [3.05, 3.63) is 241 Å². The van der Waals surface area contributed by atoms with Gasteiger partial charge in [-0.2, -0.15) is 0 Å². The van der Waals surface area contributed by atoms with E-state index in [0.717, 1.165) is 44.4 Å². The third-order valence-corrected chi connectivity index (χ3v) is 13.1. The van der Waals surface area contributed by atoms with Gasteiger partial charge in [0.15, 0.2) is 11.4 Å². The van der Waals surface area contributed by atoms with Crippen LogP contribution in [0.5, 0.6) is 0 Å². The molecule has 2 aromatic heterocycles. The van der Waals surface area contributed by atoms with Crippen molar-refractivity contribution in [3.63, 3.8) is 0 Å². The number of rotatable bonds is 5. The molecule has 0 atom stereocenters. The lowest BCUT2D eigenvalue weighted by Gasteiger charge is -2.31. The van der Waals surface area contributed by atoms with Crippen LogP contribution < -0.4 is 0 Å². The molecule has 288 valence electrons. The van der Waals surface area contributed by atoms with Gasteiger partial charge in [0.05, 0.1) is 5.41 Å². The molecular weight excluding hydrogens is 753 g/mol. The average Bonchev–Trinajstić information content (AvgIpc) is 3.97. The molecule has 1 spiro atoms. The van der Waals surface area contributed by atoms with Gasteiger partial charge in [0, 0.05) is 16.5 Å². The number of furan rings is 1. The molecule has 2 aliphatic carbocycles. The highest BCUT2D eigenvalue weighted by Crippen LogP contribution is 2.64. The summed E-state index contributed by atoms with van der Waals surface area (Å²) >= 11 is 0. The van der Waals surface area contributed by atoms with Crippen LogP contribution >= 0.6 is 0 Å². The summed E-state index contributed by atoms with van der Waals surface area (Å²) in [5, 5.41) is 0.962. The predicted octanol–water partition coefficient (Wildman–Crippen LogP) is 15.1. The standard InChI is InChI=1S/C59H36N2O/c1-5-15-37(16-6-1)42-25-29-47-48-30-26-43(38-17-7-2-8-18-38)35-52(48)59(51(47)34-42)50-24-14-13-23-45(50)46-31-27-44(36-53(46)59)41-28-32-54-49(33-41)56-57(62-54)55(39-19-9-3-10-20-39)60-58(61-56)40-21-11-4-12-22-40/h1-36H. The van der Waals surface area contributed by atoms with Crippen LogP contribution in [0.3, 0.4) is 0 Å². The molecule has 0 N–H and O–H groups in total. The second kappa shape index (κ2) is 13.4. The van der Waals surface area contributed by atoms with Gasteiger partial charge in [-0.3, -0.25) is 0 Å². The van der Waals surface area contributed by atoms with Gasteiger partial charge in [-0.25, -0.2) is 9.97 Å². The molecule has 0 amide bonds. The van der Waals surface area contributed by atoms with Crippen LogP contribution in [-0.2, 0) is 5.41 Å². The topological polar surface area (TPSA) is 38.9 Å². The van der Waals surface area contributed by atoms with Crippen LogP contribution in [0.25, 0.3) is 100 Å². The summed E-state index contributed by atoms with van der Waals surface area (Å²) in [4.78, 5) is 10.3. The first-order valence-electron chi connectivity index (χ1n) is 21.2. The number of hydrogen-bond acceptors (Lipinski definition) is 3. The number of benzene rings is 9. The lowest BCUT2D eigenvalue weighted by Crippen LogP contribution is -2.26. The maximum Gasteiger partial charge on any atom is 0.180 e. The SMILES string of the molecule is c1ccc(-c2ccc3c(c2)C2(c4ccccc4-c4ccc(-c5ccc6oc7c(-c8ccccc8)nc(-c8ccccc8)nc7c6c5)cc42)c2cc(-c4ccccc4)ccc2-3)cc1. The van der Waals surface area contributed by atoms with E-state index in [0.29, 0.717) is 11.4 Å². The number of aromatic nitrogens is 2. The van der Waals surface area contributed by atoms with E-state index in [-0.39, 0.29) is 0 Å². The number of nitrogens with zero attached hydrogens (tertiary/aromatic N) is 2. The molecule has 0 radical (unpaired) electrons. The van der Waals surface area contributed by atoms with Crippen molar-refractivity contribution < 1.29 is 4.42 Å². The van der Waals surface area contributed by atoms with Gasteiger partial charge >= 0.3 is 0 Å². The van der Waals surface area contributed by atoms with Crippen LogP contribution in [0, 0.1) is 0 Å². The molecule has 0 aliphatic heterocycles. The fraction of sp³-hybridized carbons (Fsp3) is 0.0169. The van der Waals surface area contributed by atoms with E-state index in [4.69, 9.17) is 14.4 Å². The Morgan fingerprint density at radius 2 is 0.758 bits per heavy atom. The highest BCUT2D eigenvalue weighted by molar-refractivity contribution is 6.08. The smallest absolute Gasteiger partial charge is 0.180 e. The lowest BCUT2D eigenvalue weighted by atomic mass is 9.69. The maximum atomic E-state index is 6.66. The second-order valence-electron chi connectivity index (χ2n) is 16.4. The Bertz CT molecular complexity index is 3470. The van der Waals surface area contributed by atoms with Gasteiger partial charge in [0.25, 0.3) is 0 Å². The molecule has 3 heteroatoms. The van der Waals surface area contributed by atoms with Crippen molar-refractivity contribution >= 4 is 22.1 Å². The summed E-state index contributed by atoms with van der Waals surface area (Å²) < 4.78 is 6.66. The first-order valence-corrected chi connectivity index (χ1v) is 21.2. The van der Waals surface area contributed by atoms with Gasteiger partial charge in [-0.1, -0.05) is 188 Å². The van der Waals surface area contributed by atoms with Crippen LogP contribution in [-0.4, -0.2) is 9.97 Å². The summed E-state index contributed by atoms with van der Waals surface area (Å²) in [6.07, 6.45) is 0. The van der Waals surface area contributed by atoms with Crippen molar-refractivity contribution in [2.24, 2.45) is 0 Å². The summed E-state index contributed by atoms with van der Waals surface area (Å²) in [5.41, 5.74) is 21.9. The van der Waals surface area contributed by atoms with E-state index in [2.05, 4.69) is 182 Å². The Hall–Kier alpha value is -8.14. The van der Waals surface area contributed by atoms with E-state index < -0.39 is 5.41 Å². The molecule has 0 saturated carbocycles. The summed E-state index contributed by atoms with van der Waals surface area (Å²) in [6, 6.07) is 78.9. The minimum Gasteiger partial charge on any atom is -0.452 e. The first-order chi connectivity index (χ1) is 30.7. The number of hydrogen-bond donors (Lipinski definition) is 0. The molecule has 11 aromatic rings. The Morgan fingerprint density at radius 3 is 1.32 bits per heavy atom. The van der Waals surface area contributed by atoms with Gasteiger partial charge in [0.2, 0.25) is 0 Å². The molecule has 0 bridgehead atoms. The third-order valence-electron chi connectivity index (χ3n) is 13.1. The summed E-state index contributed by atoms with van der Waals surface area (Å²) in [7, 11) is 0. The van der Waals surface area contributed by atoms with Gasteiger partial charge < -0.3 is 4.42 Å². The molecule has 2 heterocycles. The molecule has 62 heavy (non-hydrogen) atoms. The summed E-state index contributed by atoms with van der Waals surface area (Å²) in [6.45, 7) is 0. The van der Waals surface area contributed by atoms with Gasteiger partial charge in [-0.15, -0.1) is 0 Å². The predicted molar refractivity (Wildman–Crippen MR) is 253 cm³/mol. The highest BCUT2D eigenvalue weighted by atomic mass is 16.3. The number of fused-ring (bicyclic) bond motifs is 13. The molecule has 2 aliphatic rings. The minimum absolute atomic E-state index is 0.545. The van der Waals surface area contributed by atoms with E-state index in [9.17, 15) is 0 Å². The Labute approximate surface area is 359 Å². The zero-order valence-electron chi connectivity index (χ0n) is 33.6. The van der Waals surface area contributed by atoms with Crippen LogP contribution in [0.15, 0.2) is 223 Å². The first kappa shape index (κ1) is 34.7. The molecule has 3 nitrogen and oxygen atoms in total. The van der Waals surface area contributed by atoms with E-state index in [1.165, 1.54) is 66.8 Å². The molecule has 9 aromatic carbocycles. The minimum atomic E-state index is -0.545. The quantitative estimate of drug-likeness (QED) is 0.174. The third kappa shape index (κ3) is 5.06. The monoisotopic (exact) mass is 788 g/mol. The average molecular weight is 789 g/mol. The zero-order valence-corrected chi connectivity index (χ0v) is 33.6. The Balaban J connectivity index is 1.06. The fourth-order valence-electron chi connectivity index (χ4n) is 10.3. The molecule has 0 unspecified atom stereocenters. The van der Waals surface area contributed by atoms with Crippen LogP contribution in [0.1, 0.15) is 22.3 Å². The normalized spacial score (nSPS) is 13.0. The Morgan fingerprint density at radius 1 is 0.323 bits per heavy atom. The summed E-state index contributed by atoms with van der Waals surface area (Å²) in [5.74, 6) is 0.672. The zero-order chi connectivity index (χ0) is 40.8. The Kier molecular flexibility index (Phi) is 7.52. The van der Waals surface area contributed by atoms with E-state index in [1.807, 2.05) is 36.4 Å². The fourth-order valence-corrected chi connectivity index (χ4v) is 10.3. The van der Waals surface area contributed by atoms with E-state index >= 15 is 0 Å². The van der Waals surface area contributed by atoms with Crippen molar-refractivity contribution in [1.82, 2.24) is 9.97 Å². The van der Waals surface area contributed by atoms with Gasteiger partial charge in [-0.05, 0) is 108 Å². The molecule has 0 saturated heterocycles. The van der Waals surface area contributed by atoms with Gasteiger partial charge in [0.1, 0.15) is 16.8 Å². The van der Waals surface area contributed by atoms with Crippen molar-refractivity contribution in [2.45, 2.75) is 5.41 Å².